The summed E-state index contributed by atoms with van der Waals surface area (Å²) in [7, 11) is 1.70. The molecule has 5 aromatic rings. The second-order valence-corrected chi connectivity index (χ2v) is 8.57. The molecule has 2 N–H and O–H groups in total. The fourth-order valence-corrected chi connectivity index (χ4v) is 3.84. The molecule has 0 radical (unpaired) electrons. The standard InChI is InChI=1S/C27H24N8O2/c1-18-5-3-6-19(13-18)14-25(36)29-23-16-28-35(17-23)24-8-4-7-21(15-24)27(37)30-22-11-9-20(10-12-22)26-31-33-34(2)32-26/h3-13,15-17H,14H2,1-2H3,(H,29,36)(H,30,37). The Balaban J connectivity index is 1.23. The second kappa shape index (κ2) is 10.2. The lowest BCUT2D eigenvalue weighted by Crippen LogP contribution is -2.14. The number of hydrogen-bond acceptors (Lipinski definition) is 6. The summed E-state index contributed by atoms with van der Waals surface area (Å²) >= 11 is 0. The number of anilines is 2. The average Bonchev–Trinajstić information content (AvgIpc) is 3.54. The monoisotopic (exact) mass is 492 g/mol. The molecule has 2 heterocycles. The predicted molar refractivity (Wildman–Crippen MR) is 139 cm³/mol. The van der Waals surface area contributed by atoms with Gasteiger partial charge in [-0.1, -0.05) is 35.9 Å². The Morgan fingerprint density at radius 2 is 1.73 bits per heavy atom. The van der Waals surface area contributed by atoms with Gasteiger partial charge < -0.3 is 10.6 Å². The van der Waals surface area contributed by atoms with Gasteiger partial charge in [-0.15, -0.1) is 10.2 Å². The van der Waals surface area contributed by atoms with Gasteiger partial charge in [0, 0.05) is 16.8 Å². The highest BCUT2D eigenvalue weighted by Gasteiger charge is 2.11. The first-order valence-electron chi connectivity index (χ1n) is 11.6. The van der Waals surface area contributed by atoms with E-state index in [-0.39, 0.29) is 18.2 Å². The van der Waals surface area contributed by atoms with E-state index in [1.807, 2.05) is 49.4 Å². The summed E-state index contributed by atoms with van der Waals surface area (Å²) in [5, 5.41) is 22.1. The van der Waals surface area contributed by atoms with Crippen LogP contribution in [-0.2, 0) is 18.3 Å². The number of carbonyl (C=O) groups is 2. The Morgan fingerprint density at radius 1 is 0.919 bits per heavy atom. The molecule has 0 aliphatic heterocycles. The molecule has 0 unspecified atom stereocenters. The van der Waals surface area contributed by atoms with E-state index in [1.54, 1.807) is 54.5 Å². The van der Waals surface area contributed by atoms with E-state index >= 15 is 0 Å². The number of nitrogens with zero attached hydrogens (tertiary/aromatic N) is 6. The van der Waals surface area contributed by atoms with Crippen LogP contribution in [-0.4, -0.2) is 41.8 Å². The van der Waals surface area contributed by atoms with Crippen LogP contribution in [0, 0.1) is 6.92 Å². The molecule has 5 rings (SSSR count). The van der Waals surface area contributed by atoms with Gasteiger partial charge in [-0.2, -0.15) is 9.90 Å². The number of carbonyl (C=O) groups excluding carboxylic acids is 2. The number of tetrazole rings is 1. The van der Waals surface area contributed by atoms with Crippen molar-refractivity contribution in [1.82, 2.24) is 30.0 Å². The molecule has 0 saturated carbocycles. The molecule has 10 nitrogen and oxygen atoms in total. The molecule has 0 fully saturated rings. The molecule has 3 aromatic carbocycles. The molecule has 0 bridgehead atoms. The molecular weight excluding hydrogens is 468 g/mol. The number of aromatic nitrogens is 6. The van der Waals surface area contributed by atoms with E-state index in [0.29, 0.717) is 28.5 Å². The van der Waals surface area contributed by atoms with Crippen molar-refractivity contribution in [2.24, 2.45) is 7.05 Å². The summed E-state index contributed by atoms with van der Waals surface area (Å²) < 4.78 is 1.61. The van der Waals surface area contributed by atoms with Crippen LogP contribution < -0.4 is 10.6 Å². The van der Waals surface area contributed by atoms with Crippen molar-refractivity contribution in [1.29, 1.82) is 0 Å². The second-order valence-electron chi connectivity index (χ2n) is 8.57. The van der Waals surface area contributed by atoms with Crippen LogP contribution in [0.25, 0.3) is 17.1 Å². The van der Waals surface area contributed by atoms with Crippen LogP contribution in [0.3, 0.4) is 0 Å². The highest BCUT2D eigenvalue weighted by Crippen LogP contribution is 2.19. The summed E-state index contributed by atoms with van der Waals surface area (Å²) in [6.07, 6.45) is 3.57. The van der Waals surface area contributed by atoms with E-state index in [2.05, 4.69) is 31.1 Å². The zero-order valence-electron chi connectivity index (χ0n) is 20.3. The van der Waals surface area contributed by atoms with Crippen molar-refractivity contribution in [3.8, 4) is 17.1 Å². The van der Waals surface area contributed by atoms with E-state index < -0.39 is 0 Å². The fraction of sp³-hybridized carbons (Fsp3) is 0.111. The number of nitrogens with one attached hydrogen (secondary N) is 2. The predicted octanol–water partition coefficient (Wildman–Crippen LogP) is 3.80. The third kappa shape index (κ3) is 5.76. The number of benzene rings is 3. The van der Waals surface area contributed by atoms with Crippen molar-refractivity contribution >= 4 is 23.2 Å². The Hall–Kier alpha value is -5.12. The molecule has 2 amide bonds. The molecule has 2 aromatic heterocycles. The third-order valence-electron chi connectivity index (χ3n) is 5.60. The van der Waals surface area contributed by atoms with Crippen molar-refractivity contribution in [3.05, 3.63) is 102 Å². The van der Waals surface area contributed by atoms with Crippen LogP contribution in [0.2, 0.25) is 0 Å². The van der Waals surface area contributed by atoms with E-state index in [9.17, 15) is 9.59 Å². The first-order chi connectivity index (χ1) is 17.9. The Kier molecular flexibility index (Phi) is 6.54. The number of amides is 2. The minimum absolute atomic E-state index is 0.126. The van der Waals surface area contributed by atoms with Gasteiger partial charge in [-0.25, -0.2) is 4.68 Å². The number of rotatable bonds is 7. The maximum atomic E-state index is 12.9. The maximum absolute atomic E-state index is 12.9. The van der Waals surface area contributed by atoms with Gasteiger partial charge in [-0.3, -0.25) is 9.59 Å². The smallest absolute Gasteiger partial charge is 0.255 e. The average molecular weight is 493 g/mol. The molecule has 0 spiro atoms. The molecule has 0 saturated heterocycles. The van der Waals surface area contributed by atoms with Crippen molar-refractivity contribution in [3.63, 3.8) is 0 Å². The Morgan fingerprint density at radius 3 is 2.49 bits per heavy atom. The van der Waals surface area contributed by atoms with Gasteiger partial charge in [0.25, 0.3) is 5.91 Å². The largest absolute Gasteiger partial charge is 0.323 e. The topological polar surface area (TPSA) is 120 Å². The normalized spacial score (nSPS) is 10.8. The van der Waals surface area contributed by atoms with Gasteiger partial charge in [-0.05, 0) is 60.2 Å². The third-order valence-corrected chi connectivity index (χ3v) is 5.60. The summed E-state index contributed by atoms with van der Waals surface area (Å²) in [4.78, 5) is 26.7. The molecule has 10 heteroatoms. The first kappa shape index (κ1) is 23.6. The van der Waals surface area contributed by atoms with Gasteiger partial charge in [0.05, 0.1) is 37.2 Å². The number of hydrogen-bond donors (Lipinski definition) is 2. The SMILES string of the molecule is Cc1cccc(CC(=O)Nc2cnn(-c3cccc(C(=O)Nc4ccc(-c5nnn(C)n5)cc4)c3)c2)c1. The van der Waals surface area contributed by atoms with E-state index in [0.717, 1.165) is 16.7 Å². The van der Waals surface area contributed by atoms with Crippen LogP contribution in [0.15, 0.2) is 85.2 Å². The summed E-state index contributed by atoms with van der Waals surface area (Å²) in [5.74, 6) is 0.128. The maximum Gasteiger partial charge on any atom is 0.255 e. The van der Waals surface area contributed by atoms with Crippen molar-refractivity contribution in [2.75, 3.05) is 10.6 Å². The van der Waals surface area contributed by atoms with Gasteiger partial charge in [0.1, 0.15) is 0 Å². The fourth-order valence-electron chi connectivity index (χ4n) is 3.84. The Bertz CT molecular complexity index is 1570. The molecule has 0 atom stereocenters. The minimum atomic E-state index is -0.258. The van der Waals surface area contributed by atoms with Crippen LogP contribution in [0.5, 0.6) is 0 Å². The van der Waals surface area contributed by atoms with Crippen molar-refractivity contribution < 1.29 is 9.59 Å². The summed E-state index contributed by atoms with van der Waals surface area (Å²) in [6.45, 7) is 1.99. The van der Waals surface area contributed by atoms with Crippen LogP contribution in [0.4, 0.5) is 11.4 Å². The lowest BCUT2D eigenvalue weighted by molar-refractivity contribution is -0.115. The van der Waals surface area contributed by atoms with Gasteiger partial charge >= 0.3 is 0 Å². The van der Waals surface area contributed by atoms with Crippen LogP contribution >= 0.6 is 0 Å². The highest BCUT2D eigenvalue weighted by molar-refractivity contribution is 6.04. The summed E-state index contributed by atoms with van der Waals surface area (Å²) in [5.41, 5.74) is 5.23. The quantitative estimate of drug-likeness (QED) is 0.357. The first-order valence-corrected chi connectivity index (χ1v) is 11.6. The minimum Gasteiger partial charge on any atom is -0.323 e. The Labute approximate surface area is 212 Å². The molecule has 37 heavy (non-hydrogen) atoms. The number of aryl methyl sites for hydroxylation is 2. The summed E-state index contributed by atoms with van der Waals surface area (Å²) in [6, 6.07) is 22.1. The van der Waals surface area contributed by atoms with Crippen LogP contribution in [0.1, 0.15) is 21.5 Å². The van der Waals surface area contributed by atoms with E-state index in [1.165, 1.54) is 4.80 Å². The molecule has 184 valence electrons. The molecule has 0 aliphatic rings. The lowest BCUT2D eigenvalue weighted by Gasteiger charge is -2.08. The van der Waals surface area contributed by atoms with Gasteiger partial charge in [0.15, 0.2) is 0 Å². The molecule has 0 aliphatic carbocycles. The highest BCUT2D eigenvalue weighted by atomic mass is 16.2. The zero-order chi connectivity index (χ0) is 25.8. The van der Waals surface area contributed by atoms with Crippen molar-refractivity contribution in [2.45, 2.75) is 13.3 Å². The lowest BCUT2D eigenvalue weighted by atomic mass is 10.1. The van der Waals surface area contributed by atoms with Gasteiger partial charge in [0.2, 0.25) is 11.7 Å². The zero-order valence-corrected chi connectivity index (χ0v) is 20.3. The molecular formula is C27H24N8O2. The van der Waals surface area contributed by atoms with E-state index in [4.69, 9.17) is 0 Å².